The van der Waals surface area contributed by atoms with E-state index >= 15 is 0 Å². The Morgan fingerprint density at radius 3 is 2.83 bits per heavy atom. The second-order valence-corrected chi connectivity index (χ2v) is 4.93. The van der Waals surface area contributed by atoms with Gasteiger partial charge in [0.05, 0.1) is 14.8 Å². The minimum atomic E-state index is -0.513. The van der Waals surface area contributed by atoms with Crippen molar-refractivity contribution in [3.05, 3.63) is 56.2 Å². The van der Waals surface area contributed by atoms with Gasteiger partial charge in [0.2, 0.25) is 0 Å². The molecule has 0 aromatic carbocycles. The van der Waals surface area contributed by atoms with Crippen LogP contribution in [0.5, 0.6) is 0 Å². The molecule has 0 N–H and O–H groups in total. The van der Waals surface area contributed by atoms with Crippen LogP contribution in [0.2, 0.25) is 5.02 Å². The SMILES string of the molecule is O=C(Cc1ccncc1Cl)c1ccc([N+](=O)[O-])s1. The molecular weight excluding hydrogens is 276 g/mol. The van der Waals surface area contributed by atoms with Gasteiger partial charge in [-0.1, -0.05) is 22.9 Å². The molecule has 7 heteroatoms. The Labute approximate surface area is 111 Å². The van der Waals surface area contributed by atoms with Crippen LogP contribution in [0.3, 0.4) is 0 Å². The fourth-order valence-corrected chi connectivity index (χ4v) is 2.33. The van der Waals surface area contributed by atoms with Crippen molar-refractivity contribution in [2.75, 3.05) is 0 Å². The molecule has 0 fully saturated rings. The van der Waals surface area contributed by atoms with Crippen LogP contribution in [-0.2, 0) is 6.42 Å². The van der Waals surface area contributed by atoms with E-state index in [-0.39, 0.29) is 17.2 Å². The van der Waals surface area contributed by atoms with Crippen LogP contribution in [0.25, 0.3) is 0 Å². The molecule has 0 bridgehead atoms. The van der Waals surface area contributed by atoms with Gasteiger partial charge in [0.25, 0.3) is 0 Å². The number of hydrogen-bond acceptors (Lipinski definition) is 5. The van der Waals surface area contributed by atoms with Crippen LogP contribution in [0, 0.1) is 10.1 Å². The van der Waals surface area contributed by atoms with E-state index in [0.717, 1.165) is 11.3 Å². The molecule has 0 saturated carbocycles. The van der Waals surface area contributed by atoms with Crippen molar-refractivity contribution in [3.8, 4) is 0 Å². The monoisotopic (exact) mass is 282 g/mol. The lowest BCUT2D eigenvalue weighted by Gasteiger charge is -2.00. The molecule has 0 radical (unpaired) electrons. The normalized spacial score (nSPS) is 10.3. The number of thiophene rings is 1. The highest BCUT2D eigenvalue weighted by atomic mass is 35.5. The van der Waals surface area contributed by atoms with Crippen molar-refractivity contribution in [2.45, 2.75) is 6.42 Å². The average Bonchev–Trinajstić information content (AvgIpc) is 2.81. The summed E-state index contributed by atoms with van der Waals surface area (Å²) in [7, 11) is 0. The van der Waals surface area contributed by atoms with E-state index in [2.05, 4.69) is 4.98 Å². The van der Waals surface area contributed by atoms with Gasteiger partial charge in [-0.25, -0.2) is 0 Å². The van der Waals surface area contributed by atoms with Crippen molar-refractivity contribution in [1.82, 2.24) is 4.98 Å². The Bertz CT molecular complexity index is 612. The zero-order valence-corrected chi connectivity index (χ0v) is 10.6. The molecule has 2 aromatic heterocycles. The van der Waals surface area contributed by atoms with Gasteiger partial charge in [-0.2, -0.15) is 0 Å². The summed E-state index contributed by atoms with van der Waals surface area (Å²) < 4.78 is 0. The predicted molar refractivity (Wildman–Crippen MR) is 68.3 cm³/mol. The van der Waals surface area contributed by atoms with Gasteiger partial charge in [0, 0.05) is 24.9 Å². The zero-order valence-electron chi connectivity index (χ0n) is 9.00. The molecule has 0 spiro atoms. The minimum Gasteiger partial charge on any atom is -0.293 e. The molecule has 0 aliphatic heterocycles. The maximum atomic E-state index is 11.9. The topological polar surface area (TPSA) is 73.1 Å². The molecule has 0 saturated heterocycles. The maximum Gasteiger partial charge on any atom is 0.324 e. The Morgan fingerprint density at radius 1 is 1.44 bits per heavy atom. The molecule has 0 aliphatic rings. The number of aromatic nitrogens is 1. The summed E-state index contributed by atoms with van der Waals surface area (Å²) in [5, 5.41) is 10.9. The molecular formula is C11H7ClN2O3S. The fraction of sp³-hybridized carbons (Fsp3) is 0.0909. The maximum absolute atomic E-state index is 11.9. The third-order valence-corrected chi connectivity index (χ3v) is 3.67. The third kappa shape index (κ3) is 2.72. The van der Waals surface area contributed by atoms with Gasteiger partial charge in [-0.15, -0.1) is 0 Å². The average molecular weight is 283 g/mol. The number of rotatable bonds is 4. The molecule has 5 nitrogen and oxygen atoms in total. The number of nitro groups is 1. The number of halogens is 1. The minimum absolute atomic E-state index is 0.0424. The summed E-state index contributed by atoms with van der Waals surface area (Å²) in [6.07, 6.45) is 3.12. The van der Waals surface area contributed by atoms with E-state index in [0.29, 0.717) is 15.5 Å². The van der Waals surface area contributed by atoms with E-state index in [1.807, 2.05) is 0 Å². The molecule has 2 heterocycles. The molecule has 18 heavy (non-hydrogen) atoms. The summed E-state index contributed by atoms with van der Waals surface area (Å²) in [5.74, 6) is -0.193. The second-order valence-electron chi connectivity index (χ2n) is 3.46. The van der Waals surface area contributed by atoms with Crippen LogP contribution in [0.4, 0.5) is 5.00 Å². The van der Waals surface area contributed by atoms with E-state index in [9.17, 15) is 14.9 Å². The fourth-order valence-electron chi connectivity index (χ4n) is 1.38. The quantitative estimate of drug-likeness (QED) is 0.490. The number of pyridine rings is 1. The summed E-state index contributed by atoms with van der Waals surface area (Å²) in [5.41, 5.74) is 0.660. The lowest BCUT2D eigenvalue weighted by atomic mass is 10.1. The predicted octanol–water partition coefficient (Wildman–Crippen LogP) is 3.13. The summed E-state index contributed by atoms with van der Waals surface area (Å²) in [6.45, 7) is 0. The van der Waals surface area contributed by atoms with E-state index in [4.69, 9.17) is 11.6 Å². The second kappa shape index (κ2) is 5.24. The van der Waals surface area contributed by atoms with Crippen molar-refractivity contribution in [3.63, 3.8) is 0 Å². The van der Waals surface area contributed by atoms with Gasteiger partial charge in [-0.05, 0) is 17.7 Å². The lowest BCUT2D eigenvalue weighted by molar-refractivity contribution is -0.380. The van der Waals surface area contributed by atoms with Crippen molar-refractivity contribution >= 4 is 33.7 Å². The largest absolute Gasteiger partial charge is 0.324 e. The smallest absolute Gasteiger partial charge is 0.293 e. The summed E-state index contributed by atoms with van der Waals surface area (Å²) in [4.78, 5) is 26.1. The molecule has 0 amide bonds. The van der Waals surface area contributed by atoms with E-state index < -0.39 is 4.92 Å². The van der Waals surface area contributed by atoms with Gasteiger partial charge < -0.3 is 0 Å². The van der Waals surface area contributed by atoms with Crippen LogP contribution in [-0.4, -0.2) is 15.7 Å². The van der Waals surface area contributed by atoms with E-state index in [1.165, 1.54) is 18.3 Å². The number of nitrogens with zero attached hydrogens (tertiary/aromatic N) is 2. The van der Waals surface area contributed by atoms with Crippen molar-refractivity contribution in [2.24, 2.45) is 0 Å². The first-order chi connectivity index (χ1) is 8.58. The first-order valence-electron chi connectivity index (χ1n) is 4.93. The van der Waals surface area contributed by atoms with E-state index in [1.54, 1.807) is 12.3 Å². The van der Waals surface area contributed by atoms with Gasteiger partial charge in [0.1, 0.15) is 0 Å². The van der Waals surface area contributed by atoms with Crippen LogP contribution >= 0.6 is 22.9 Å². The number of ketones is 1. The van der Waals surface area contributed by atoms with Gasteiger partial charge >= 0.3 is 5.00 Å². The Balaban J connectivity index is 2.17. The molecule has 92 valence electrons. The highest BCUT2D eigenvalue weighted by Crippen LogP contribution is 2.26. The molecule has 0 aliphatic carbocycles. The Morgan fingerprint density at radius 2 is 2.22 bits per heavy atom. The van der Waals surface area contributed by atoms with Gasteiger partial charge in [-0.3, -0.25) is 19.9 Å². The number of hydrogen-bond donors (Lipinski definition) is 0. The zero-order chi connectivity index (χ0) is 13.1. The lowest BCUT2D eigenvalue weighted by Crippen LogP contribution is -2.01. The molecule has 2 aromatic rings. The molecule has 0 atom stereocenters. The van der Waals surface area contributed by atoms with Crippen molar-refractivity contribution in [1.29, 1.82) is 0 Å². The molecule has 0 unspecified atom stereocenters. The standard InChI is InChI=1S/C11H7ClN2O3S/c12-8-6-13-4-3-7(8)5-9(15)10-1-2-11(18-10)14(16)17/h1-4,6H,5H2. The van der Waals surface area contributed by atoms with Crippen LogP contribution in [0.15, 0.2) is 30.6 Å². The number of carbonyl (C=O) groups excluding carboxylic acids is 1. The summed E-state index contributed by atoms with van der Waals surface area (Å²) in [6, 6.07) is 4.44. The van der Waals surface area contributed by atoms with Crippen LogP contribution < -0.4 is 0 Å². The Hall–Kier alpha value is -1.79. The number of carbonyl (C=O) groups is 1. The first kappa shape index (κ1) is 12.7. The highest BCUT2D eigenvalue weighted by molar-refractivity contribution is 7.17. The van der Waals surface area contributed by atoms with Crippen LogP contribution in [0.1, 0.15) is 15.2 Å². The molecule has 2 rings (SSSR count). The summed E-state index contributed by atoms with van der Waals surface area (Å²) >= 11 is 6.76. The van der Waals surface area contributed by atoms with Gasteiger partial charge in [0.15, 0.2) is 5.78 Å². The Kier molecular flexibility index (Phi) is 3.69. The highest BCUT2D eigenvalue weighted by Gasteiger charge is 2.16. The first-order valence-corrected chi connectivity index (χ1v) is 6.13. The van der Waals surface area contributed by atoms with Crippen molar-refractivity contribution < 1.29 is 9.72 Å². The third-order valence-electron chi connectivity index (χ3n) is 2.25. The number of Topliss-reactive ketones (excluding diaryl/α,β-unsaturated/α-hetero) is 1.